The molecule has 76 valence electrons. The number of anilines is 1. The lowest BCUT2D eigenvalue weighted by atomic mass is 10.0. The second-order valence-electron chi connectivity index (χ2n) is 3.25. The summed E-state index contributed by atoms with van der Waals surface area (Å²) in [4.78, 5) is 0. The third-order valence-corrected chi connectivity index (χ3v) is 3.74. The van der Waals surface area contributed by atoms with Gasteiger partial charge in [0, 0.05) is 17.2 Å². The molecule has 0 unspecified atom stereocenters. The summed E-state index contributed by atoms with van der Waals surface area (Å²) in [5.41, 5.74) is 1.76. The van der Waals surface area contributed by atoms with Gasteiger partial charge in [0.15, 0.2) is 0 Å². The molecule has 5 heteroatoms. The third kappa shape index (κ3) is 1.72. The highest BCUT2D eigenvalue weighted by Crippen LogP contribution is 2.29. The fourth-order valence-corrected chi connectivity index (χ4v) is 2.92. The molecule has 0 radical (unpaired) electrons. The Labute approximate surface area is 87.8 Å². The van der Waals surface area contributed by atoms with E-state index >= 15 is 0 Å². The predicted molar refractivity (Wildman–Crippen MR) is 56.9 cm³/mol. The molecule has 1 heterocycles. The van der Waals surface area contributed by atoms with Crippen molar-refractivity contribution in [3.8, 4) is 0 Å². The van der Waals surface area contributed by atoms with E-state index in [1.54, 1.807) is 6.07 Å². The van der Waals surface area contributed by atoms with Crippen molar-refractivity contribution in [2.75, 3.05) is 10.8 Å². The van der Waals surface area contributed by atoms with Gasteiger partial charge >= 0.3 is 9.24 Å². The quantitative estimate of drug-likeness (QED) is 0.693. The van der Waals surface area contributed by atoms with Crippen molar-refractivity contribution in [3.05, 3.63) is 29.8 Å². The first-order valence-electron chi connectivity index (χ1n) is 4.39. The van der Waals surface area contributed by atoms with Gasteiger partial charge in [-0.05, 0) is 24.5 Å². The van der Waals surface area contributed by atoms with Crippen LogP contribution >= 0.6 is 10.7 Å². The SMILES string of the molecule is O=S(=O)(Cl)N1CCCc2ccccc21. The number of halogens is 1. The van der Waals surface area contributed by atoms with E-state index in [-0.39, 0.29) is 0 Å². The highest BCUT2D eigenvalue weighted by molar-refractivity contribution is 8.14. The van der Waals surface area contributed by atoms with E-state index in [9.17, 15) is 8.42 Å². The van der Waals surface area contributed by atoms with Crippen molar-refractivity contribution in [2.24, 2.45) is 0 Å². The summed E-state index contributed by atoms with van der Waals surface area (Å²) in [6.45, 7) is 0.475. The third-order valence-electron chi connectivity index (χ3n) is 2.33. The number of hydrogen-bond donors (Lipinski definition) is 0. The molecule has 3 nitrogen and oxygen atoms in total. The molecule has 2 rings (SSSR count). The summed E-state index contributed by atoms with van der Waals surface area (Å²) < 4.78 is 23.7. The maximum atomic E-state index is 11.2. The second kappa shape index (κ2) is 3.44. The average molecular weight is 232 g/mol. The summed E-state index contributed by atoms with van der Waals surface area (Å²) in [6.07, 6.45) is 1.74. The average Bonchev–Trinajstić information content (AvgIpc) is 2.15. The summed E-state index contributed by atoms with van der Waals surface area (Å²) in [5.74, 6) is 0. The molecule has 1 aliphatic heterocycles. The van der Waals surface area contributed by atoms with Crippen molar-refractivity contribution in [3.63, 3.8) is 0 Å². The molecule has 0 spiro atoms. The Morgan fingerprint density at radius 1 is 1.29 bits per heavy atom. The van der Waals surface area contributed by atoms with Crippen LogP contribution in [-0.2, 0) is 15.7 Å². The van der Waals surface area contributed by atoms with Crippen molar-refractivity contribution in [1.82, 2.24) is 0 Å². The van der Waals surface area contributed by atoms with E-state index in [0.29, 0.717) is 12.2 Å². The van der Waals surface area contributed by atoms with Gasteiger partial charge in [0.2, 0.25) is 0 Å². The van der Waals surface area contributed by atoms with Crippen LogP contribution < -0.4 is 4.31 Å². The number of rotatable bonds is 1. The van der Waals surface area contributed by atoms with Crippen LogP contribution in [0, 0.1) is 0 Å². The van der Waals surface area contributed by atoms with Gasteiger partial charge in [-0.25, -0.2) is 0 Å². The van der Waals surface area contributed by atoms with E-state index in [2.05, 4.69) is 0 Å². The Kier molecular flexibility index (Phi) is 2.41. The molecule has 0 aromatic heterocycles. The van der Waals surface area contributed by atoms with E-state index < -0.39 is 9.24 Å². The van der Waals surface area contributed by atoms with Crippen molar-refractivity contribution in [2.45, 2.75) is 12.8 Å². The van der Waals surface area contributed by atoms with Crippen molar-refractivity contribution >= 4 is 25.6 Å². The van der Waals surface area contributed by atoms with Crippen LogP contribution in [0.15, 0.2) is 24.3 Å². The highest BCUT2D eigenvalue weighted by atomic mass is 35.7. The molecule has 1 aromatic carbocycles. The minimum atomic E-state index is -3.63. The number of nitrogens with zero attached hydrogens (tertiary/aromatic N) is 1. The Morgan fingerprint density at radius 3 is 2.71 bits per heavy atom. The van der Waals surface area contributed by atoms with E-state index in [1.807, 2.05) is 18.2 Å². The Balaban J connectivity index is 2.51. The summed E-state index contributed by atoms with van der Waals surface area (Å²) >= 11 is 0. The summed E-state index contributed by atoms with van der Waals surface area (Å²) in [7, 11) is 1.70. The zero-order valence-electron chi connectivity index (χ0n) is 7.48. The molecule has 1 aromatic rings. The monoisotopic (exact) mass is 231 g/mol. The molecule has 0 aliphatic carbocycles. The van der Waals surface area contributed by atoms with Crippen LogP contribution in [0.2, 0.25) is 0 Å². The molecule has 0 saturated heterocycles. The van der Waals surface area contributed by atoms with Gasteiger partial charge in [0.05, 0.1) is 5.69 Å². The molecule has 0 N–H and O–H groups in total. The van der Waals surface area contributed by atoms with Gasteiger partial charge in [-0.2, -0.15) is 8.42 Å². The molecular formula is C9H10ClNO2S. The topological polar surface area (TPSA) is 37.4 Å². The molecule has 14 heavy (non-hydrogen) atoms. The van der Waals surface area contributed by atoms with Crippen LogP contribution in [0.5, 0.6) is 0 Å². The van der Waals surface area contributed by atoms with Gasteiger partial charge in [-0.3, -0.25) is 4.31 Å². The van der Waals surface area contributed by atoms with E-state index in [1.165, 1.54) is 4.31 Å². The first-order valence-corrected chi connectivity index (χ1v) is 6.66. The second-order valence-corrected chi connectivity index (χ2v) is 5.68. The fourth-order valence-electron chi connectivity index (χ4n) is 1.73. The zero-order valence-corrected chi connectivity index (χ0v) is 9.05. The van der Waals surface area contributed by atoms with Crippen LogP contribution in [0.25, 0.3) is 0 Å². The highest BCUT2D eigenvalue weighted by Gasteiger charge is 2.24. The predicted octanol–water partition coefficient (Wildman–Crippen LogP) is 1.92. The number of aryl methyl sites for hydroxylation is 1. The van der Waals surface area contributed by atoms with Gasteiger partial charge < -0.3 is 0 Å². The van der Waals surface area contributed by atoms with Crippen LogP contribution in [0.1, 0.15) is 12.0 Å². The largest absolute Gasteiger partial charge is 0.321 e. The molecular weight excluding hydrogens is 222 g/mol. The minimum Gasteiger partial charge on any atom is -0.257 e. The Bertz CT molecular complexity index is 444. The molecule has 0 fully saturated rings. The molecule has 0 bridgehead atoms. The first-order chi connectivity index (χ1) is 6.59. The van der Waals surface area contributed by atoms with Gasteiger partial charge in [0.25, 0.3) is 0 Å². The maximum absolute atomic E-state index is 11.2. The lowest BCUT2D eigenvalue weighted by Crippen LogP contribution is -2.32. The molecule has 0 amide bonds. The zero-order chi connectivity index (χ0) is 10.2. The van der Waals surface area contributed by atoms with Crippen LogP contribution in [0.4, 0.5) is 5.69 Å². The lowest BCUT2D eigenvalue weighted by Gasteiger charge is -2.27. The van der Waals surface area contributed by atoms with Gasteiger partial charge in [-0.15, -0.1) is 0 Å². The molecule has 0 saturated carbocycles. The summed E-state index contributed by atoms with van der Waals surface area (Å²) in [6, 6.07) is 7.44. The molecule has 1 aliphatic rings. The Hall–Kier alpha value is -0.740. The maximum Gasteiger partial charge on any atom is 0.321 e. The van der Waals surface area contributed by atoms with E-state index in [4.69, 9.17) is 10.7 Å². The molecule has 0 atom stereocenters. The van der Waals surface area contributed by atoms with Crippen LogP contribution in [-0.4, -0.2) is 15.0 Å². The first kappa shape index (κ1) is 9.80. The summed E-state index contributed by atoms with van der Waals surface area (Å²) in [5, 5.41) is 0. The number of fused-ring (bicyclic) bond motifs is 1. The normalized spacial score (nSPS) is 16.5. The standard InChI is InChI=1S/C9H10ClNO2S/c10-14(12,13)11-7-3-5-8-4-1-2-6-9(8)11/h1-2,4,6H,3,5,7H2. The van der Waals surface area contributed by atoms with Gasteiger partial charge in [0.1, 0.15) is 0 Å². The lowest BCUT2D eigenvalue weighted by molar-refractivity contribution is 0.600. The van der Waals surface area contributed by atoms with Crippen molar-refractivity contribution in [1.29, 1.82) is 0 Å². The van der Waals surface area contributed by atoms with Crippen molar-refractivity contribution < 1.29 is 8.42 Å². The number of benzene rings is 1. The van der Waals surface area contributed by atoms with Crippen LogP contribution in [0.3, 0.4) is 0 Å². The Morgan fingerprint density at radius 2 is 2.00 bits per heavy atom. The van der Waals surface area contributed by atoms with Gasteiger partial charge in [-0.1, -0.05) is 18.2 Å². The minimum absolute atomic E-state index is 0.475. The smallest absolute Gasteiger partial charge is 0.257 e. The number of hydrogen-bond acceptors (Lipinski definition) is 2. The van der Waals surface area contributed by atoms with E-state index in [0.717, 1.165) is 18.4 Å². The number of para-hydroxylation sites is 1. The fraction of sp³-hybridized carbons (Fsp3) is 0.333.